The largest absolute Gasteiger partial charge is 0.461 e. The molecule has 0 aliphatic heterocycles. The van der Waals surface area contributed by atoms with Crippen molar-refractivity contribution in [1.82, 2.24) is 0 Å². The molecule has 5 heteroatoms. The molecule has 0 bridgehead atoms. The Morgan fingerprint density at radius 2 is 1.64 bits per heavy atom. The smallest absolute Gasteiger partial charge is 0.309 e. The van der Waals surface area contributed by atoms with Crippen LogP contribution in [-0.4, -0.2) is 17.5 Å². The zero-order valence-corrected chi connectivity index (χ0v) is 17.2. The van der Waals surface area contributed by atoms with Crippen molar-refractivity contribution in [2.75, 3.05) is 0 Å². The summed E-state index contributed by atoms with van der Waals surface area (Å²) in [5.74, 6) is -0.870. The van der Waals surface area contributed by atoms with Crippen LogP contribution in [0.2, 0.25) is 0 Å². The quantitative estimate of drug-likeness (QED) is 0.663. The molecule has 4 nitrogen and oxygen atoms in total. The standard InChI is InChI=1S/C20H30O4.H2S/c1-14(2)11-17(12-18(21)24-20(4,5)6)19(22)23-13-16-9-7-15(3)8-10-16;/h7-10,14,17H,11-13H2,1-6H3;1H2/t17-;/m1./s1. The lowest BCUT2D eigenvalue weighted by Crippen LogP contribution is -2.28. The number of hydrogen-bond donors (Lipinski definition) is 0. The van der Waals surface area contributed by atoms with Crippen LogP contribution in [0.25, 0.3) is 0 Å². The van der Waals surface area contributed by atoms with Crippen molar-refractivity contribution < 1.29 is 19.1 Å². The second kappa shape index (κ2) is 10.5. The molecule has 0 aliphatic carbocycles. The third-order valence-electron chi connectivity index (χ3n) is 3.42. The Bertz CT molecular complexity index is 544. The van der Waals surface area contributed by atoms with Crippen molar-refractivity contribution >= 4 is 25.4 Å². The summed E-state index contributed by atoms with van der Waals surface area (Å²) in [7, 11) is 0. The Balaban J connectivity index is 0.00000576. The highest BCUT2D eigenvalue weighted by molar-refractivity contribution is 7.59. The minimum absolute atomic E-state index is 0. The van der Waals surface area contributed by atoms with Gasteiger partial charge in [0.1, 0.15) is 12.2 Å². The maximum absolute atomic E-state index is 12.4. The van der Waals surface area contributed by atoms with Crippen LogP contribution in [0.4, 0.5) is 0 Å². The summed E-state index contributed by atoms with van der Waals surface area (Å²) in [5.41, 5.74) is 1.55. The molecule has 0 fully saturated rings. The van der Waals surface area contributed by atoms with Gasteiger partial charge in [0.05, 0.1) is 12.3 Å². The van der Waals surface area contributed by atoms with Crippen LogP contribution in [-0.2, 0) is 25.7 Å². The third kappa shape index (κ3) is 10.2. The molecule has 0 radical (unpaired) electrons. The van der Waals surface area contributed by atoms with Gasteiger partial charge < -0.3 is 9.47 Å². The fourth-order valence-electron chi connectivity index (χ4n) is 2.37. The molecule has 1 aromatic carbocycles. The maximum Gasteiger partial charge on any atom is 0.309 e. The van der Waals surface area contributed by atoms with Crippen molar-refractivity contribution in [3.8, 4) is 0 Å². The second-order valence-corrected chi connectivity index (χ2v) is 7.71. The molecule has 1 rings (SSSR count). The third-order valence-corrected chi connectivity index (χ3v) is 3.42. The van der Waals surface area contributed by atoms with Gasteiger partial charge in [0, 0.05) is 0 Å². The van der Waals surface area contributed by atoms with Crippen LogP contribution in [0.3, 0.4) is 0 Å². The molecule has 25 heavy (non-hydrogen) atoms. The van der Waals surface area contributed by atoms with Gasteiger partial charge in [0.25, 0.3) is 0 Å². The molecule has 0 saturated heterocycles. The summed E-state index contributed by atoms with van der Waals surface area (Å²) in [6.45, 7) is 11.7. The summed E-state index contributed by atoms with van der Waals surface area (Å²) >= 11 is 0. The number of esters is 2. The summed E-state index contributed by atoms with van der Waals surface area (Å²) in [5, 5.41) is 0. The van der Waals surface area contributed by atoms with Crippen LogP contribution in [0.1, 0.15) is 58.6 Å². The Kier molecular flexibility index (Phi) is 9.86. The van der Waals surface area contributed by atoms with E-state index in [1.165, 1.54) is 0 Å². The van der Waals surface area contributed by atoms with E-state index in [0.29, 0.717) is 12.3 Å². The van der Waals surface area contributed by atoms with Gasteiger partial charge in [0.15, 0.2) is 0 Å². The average molecular weight is 369 g/mol. The summed E-state index contributed by atoms with van der Waals surface area (Å²) in [4.78, 5) is 24.4. The first-order valence-corrected chi connectivity index (χ1v) is 8.51. The van der Waals surface area contributed by atoms with Crippen LogP contribution in [0.5, 0.6) is 0 Å². The normalized spacial score (nSPS) is 12.3. The number of hydrogen-bond acceptors (Lipinski definition) is 4. The molecule has 0 aromatic heterocycles. The molecule has 0 saturated carbocycles. The molecular weight excluding hydrogens is 336 g/mol. The van der Waals surface area contributed by atoms with Crippen LogP contribution in [0, 0.1) is 18.8 Å². The number of benzene rings is 1. The van der Waals surface area contributed by atoms with E-state index in [4.69, 9.17) is 9.47 Å². The van der Waals surface area contributed by atoms with Crippen molar-refractivity contribution in [3.05, 3.63) is 35.4 Å². The number of ether oxygens (including phenoxy) is 2. The topological polar surface area (TPSA) is 52.6 Å². The lowest BCUT2D eigenvalue weighted by atomic mass is 9.94. The van der Waals surface area contributed by atoms with E-state index in [2.05, 4.69) is 0 Å². The number of carbonyl (C=O) groups is 2. The van der Waals surface area contributed by atoms with Gasteiger partial charge in [-0.1, -0.05) is 43.7 Å². The van der Waals surface area contributed by atoms with E-state index < -0.39 is 11.5 Å². The van der Waals surface area contributed by atoms with E-state index in [9.17, 15) is 9.59 Å². The summed E-state index contributed by atoms with van der Waals surface area (Å²) in [6, 6.07) is 7.84. The molecule has 0 N–H and O–H groups in total. The molecule has 1 atom stereocenters. The molecule has 0 heterocycles. The second-order valence-electron chi connectivity index (χ2n) is 7.71. The Hall–Kier alpha value is -1.49. The van der Waals surface area contributed by atoms with Crippen molar-refractivity contribution in [1.29, 1.82) is 0 Å². The van der Waals surface area contributed by atoms with Crippen molar-refractivity contribution in [2.24, 2.45) is 11.8 Å². The molecule has 0 spiro atoms. The SMILES string of the molecule is Cc1ccc(COC(=O)[C@@H](CC(=O)OC(C)(C)C)CC(C)C)cc1.S. The molecule has 1 aromatic rings. The Labute approximate surface area is 158 Å². The Morgan fingerprint density at radius 3 is 2.12 bits per heavy atom. The zero-order chi connectivity index (χ0) is 18.3. The highest BCUT2D eigenvalue weighted by Gasteiger charge is 2.27. The first-order valence-electron chi connectivity index (χ1n) is 8.51. The minimum atomic E-state index is -0.550. The van der Waals surface area contributed by atoms with Crippen LogP contribution in [0.15, 0.2) is 24.3 Å². The van der Waals surface area contributed by atoms with Gasteiger partial charge in [-0.15, -0.1) is 0 Å². The van der Waals surface area contributed by atoms with Gasteiger partial charge >= 0.3 is 11.9 Å². The van der Waals surface area contributed by atoms with E-state index >= 15 is 0 Å². The first kappa shape index (κ1) is 23.5. The monoisotopic (exact) mass is 368 g/mol. The van der Waals surface area contributed by atoms with Gasteiger partial charge in [0.2, 0.25) is 0 Å². The lowest BCUT2D eigenvalue weighted by molar-refractivity contribution is -0.162. The van der Waals surface area contributed by atoms with E-state index in [1.54, 1.807) is 0 Å². The Morgan fingerprint density at radius 1 is 1.08 bits per heavy atom. The highest BCUT2D eigenvalue weighted by Crippen LogP contribution is 2.20. The summed E-state index contributed by atoms with van der Waals surface area (Å²) in [6.07, 6.45) is 0.661. The molecule has 0 aliphatic rings. The van der Waals surface area contributed by atoms with E-state index in [1.807, 2.05) is 65.8 Å². The number of aryl methyl sites for hydroxylation is 1. The molecule has 142 valence electrons. The fourth-order valence-corrected chi connectivity index (χ4v) is 2.37. The van der Waals surface area contributed by atoms with Crippen molar-refractivity contribution in [3.63, 3.8) is 0 Å². The maximum atomic E-state index is 12.4. The van der Waals surface area contributed by atoms with Crippen molar-refractivity contribution in [2.45, 2.75) is 66.6 Å². The van der Waals surface area contributed by atoms with Gasteiger partial charge in [-0.05, 0) is 45.6 Å². The highest BCUT2D eigenvalue weighted by atomic mass is 32.1. The first-order chi connectivity index (χ1) is 11.1. The fraction of sp³-hybridized carbons (Fsp3) is 0.600. The predicted octanol–water partition coefficient (Wildman–Crippen LogP) is 4.55. The van der Waals surface area contributed by atoms with Gasteiger partial charge in [-0.2, -0.15) is 13.5 Å². The molecular formula is C20H32O4S. The number of carbonyl (C=O) groups excluding carboxylic acids is 2. The average Bonchev–Trinajstić information content (AvgIpc) is 2.43. The minimum Gasteiger partial charge on any atom is -0.461 e. The van der Waals surface area contributed by atoms with Gasteiger partial charge in [-0.3, -0.25) is 9.59 Å². The number of rotatable bonds is 7. The lowest BCUT2D eigenvalue weighted by Gasteiger charge is -2.22. The van der Waals surface area contributed by atoms with E-state index in [0.717, 1.165) is 11.1 Å². The summed E-state index contributed by atoms with van der Waals surface area (Å²) < 4.78 is 10.7. The molecule has 0 amide bonds. The zero-order valence-electron chi connectivity index (χ0n) is 16.2. The van der Waals surface area contributed by atoms with Crippen LogP contribution >= 0.6 is 13.5 Å². The van der Waals surface area contributed by atoms with Crippen LogP contribution < -0.4 is 0 Å². The predicted molar refractivity (Wildman–Crippen MR) is 105 cm³/mol. The van der Waals surface area contributed by atoms with E-state index in [-0.39, 0.29) is 38.5 Å². The van der Waals surface area contributed by atoms with Gasteiger partial charge in [-0.25, -0.2) is 0 Å². The molecule has 0 unspecified atom stereocenters.